The second kappa shape index (κ2) is 8.32. The highest BCUT2D eigenvalue weighted by molar-refractivity contribution is 5.94. The molecule has 0 saturated carbocycles. The Balaban J connectivity index is 1.95. The van der Waals surface area contributed by atoms with Crippen molar-refractivity contribution in [3.8, 4) is 28.7 Å². The van der Waals surface area contributed by atoms with E-state index >= 15 is 0 Å². The minimum absolute atomic E-state index is 0.0943. The number of esters is 1. The standard InChI is InChI=1S/C24H21NO3/c1-25(2)22-16-23(26)21(24(27)28-3)15-20(22)14-11-17-9-12-19(13-10-17)18-7-5-4-6-8-18/h4-10,12-13,15-16,26H,1-3H3. The number of phenols is 1. The van der Waals surface area contributed by atoms with E-state index in [1.165, 1.54) is 13.2 Å². The Morgan fingerprint density at radius 1 is 0.929 bits per heavy atom. The third kappa shape index (κ3) is 4.16. The Bertz CT molecular complexity index is 1040. The second-order valence-electron chi connectivity index (χ2n) is 6.47. The monoisotopic (exact) mass is 371 g/mol. The Labute approximate surface area is 165 Å². The first-order valence-electron chi connectivity index (χ1n) is 8.79. The zero-order valence-corrected chi connectivity index (χ0v) is 16.1. The number of rotatable bonds is 3. The summed E-state index contributed by atoms with van der Waals surface area (Å²) in [5.41, 5.74) is 4.58. The molecule has 28 heavy (non-hydrogen) atoms. The molecule has 0 amide bonds. The largest absolute Gasteiger partial charge is 0.507 e. The number of carbonyl (C=O) groups excluding carboxylic acids is 1. The van der Waals surface area contributed by atoms with Crippen LogP contribution in [-0.2, 0) is 4.74 Å². The summed E-state index contributed by atoms with van der Waals surface area (Å²) >= 11 is 0. The first-order valence-corrected chi connectivity index (χ1v) is 8.79. The van der Waals surface area contributed by atoms with Crippen molar-refractivity contribution < 1.29 is 14.6 Å². The van der Waals surface area contributed by atoms with Crippen LogP contribution in [0.1, 0.15) is 21.5 Å². The minimum Gasteiger partial charge on any atom is -0.507 e. The van der Waals surface area contributed by atoms with Gasteiger partial charge in [-0.05, 0) is 29.3 Å². The summed E-state index contributed by atoms with van der Waals surface area (Å²) in [5.74, 6) is 5.50. The minimum atomic E-state index is -0.599. The van der Waals surface area contributed by atoms with Crippen LogP contribution in [0.5, 0.6) is 5.75 Å². The van der Waals surface area contributed by atoms with Crippen LogP contribution in [0.15, 0.2) is 66.7 Å². The molecule has 0 aliphatic carbocycles. The molecule has 0 bridgehead atoms. The molecular formula is C24H21NO3. The predicted octanol–water partition coefficient (Wildman–Crippen LogP) is 4.31. The summed E-state index contributed by atoms with van der Waals surface area (Å²) in [6.07, 6.45) is 0. The maximum absolute atomic E-state index is 11.9. The van der Waals surface area contributed by atoms with Crippen LogP contribution in [0.2, 0.25) is 0 Å². The van der Waals surface area contributed by atoms with Gasteiger partial charge in [-0.3, -0.25) is 0 Å². The lowest BCUT2D eigenvalue weighted by atomic mass is 10.0. The second-order valence-corrected chi connectivity index (χ2v) is 6.47. The number of hydrogen-bond donors (Lipinski definition) is 1. The maximum Gasteiger partial charge on any atom is 0.341 e. The molecule has 3 aromatic carbocycles. The summed E-state index contributed by atoms with van der Waals surface area (Å²) in [5, 5.41) is 10.1. The molecular weight excluding hydrogens is 350 g/mol. The molecule has 0 unspecified atom stereocenters. The van der Waals surface area contributed by atoms with Crippen molar-refractivity contribution in [2.45, 2.75) is 0 Å². The number of phenolic OH excluding ortho intramolecular Hbond substituents is 1. The fourth-order valence-corrected chi connectivity index (χ4v) is 2.84. The van der Waals surface area contributed by atoms with Crippen LogP contribution in [0.4, 0.5) is 5.69 Å². The quantitative estimate of drug-likeness (QED) is 0.551. The van der Waals surface area contributed by atoms with Gasteiger partial charge in [0.1, 0.15) is 11.3 Å². The fourth-order valence-electron chi connectivity index (χ4n) is 2.84. The van der Waals surface area contributed by atoms with Gasteiger partial charge in [-0.1, -0.05) is 54.3 Å². The zero-order chi connectivity index (χ0) is 20.1. The van der Waals surface area contributed by atoms with E-state index in [2.05, 4.69) is 24.0 Å². The molecule has 0 saturated heterocycles. The van der Waals surface area contributed by atoms with Gasteiger partial charge in [0.25, 0.3) is 0 Å². The molecule has 0 aliphatic heterocycles. The van der Waals surface area contributed by atoms with E-state index in [4.69, 9.17) is 4.74 Å². The molecule has 4 nitrogen and oxygen atoms in total. The average molecular weight is 371 g/mol. The van der Waals surface area contributed by atoms with Crippen molar-refractivity contribution >= 4 is 11.7 Å². The highest BCUT2D eigenvalue weighted by atomic mass is 16.5. The van der Waals surface area contributed by atoms with E-state index in [1.54, 1.807) is 6.07 Å². The summed E-state index contributed by atoms with van der Waals surface area (Å²) in [6.45, 7) is 0. The number of nitrogens with zero attached hydrogens (tertiary/aromatic N) is 1. The van der Waals surface area contributed by atoms with Crippen molar-refractivity contribution in [2.75, 3.05) is 26.1 Å². The molecule has 0 aliphatic rings. The topological polar surface area (TPSA) is 49.8 Å². The predicted molar refractivity (Wildman–Crippen MR) is 112 cm³/mol. The molecule has 140 valence electrons. The lowest BCUT2D eigenvalue weighted by Gasteiger charge is -2.16. The number of benzene rings is 3. The van der Waals surface area contributed by atoms with E-state index in [0.717, 1.165) is 22.4 Å². The summed E-state index contributed by atoms with van der Waals surface area (Å²) in [6, 6.07) is 21.2. The van der Waals surface area contributed by atoms with Crippen molar-refractivity contribution in [1.29, 1.82) is 0 Å². The van der Waals surface area contributed by atoms with E-state index in [0.29, 0.717) is 5.56 Å². The number of methoxy groups -OCH3 is 1. The number of hydrogen-bond acceptors (Lipinski definition) is 4. The highest BCUT2D eigenvalue weighted by Gasteiger charge is 2.16. The Morgan fingerprint density at radius 3 is 2.18 bits per heavy atom. The molecule has 0 fully saturated rings. The molecule has 0 radical (unpaired) electrons. The summed E-state index contributed by atoms with van der Waals surface area (Å²) in [7, 11) is 4.99. The van der Waals surface area contributed by atoms with Gasteiger partial charge in [0.15, 0.2) is 0 Å². The highest BCUT2D eigenvalue weighted by Crippen LogP contribution is 2.28. The summed E-state index contributed by atoms with van der Waals surface area (Å²) < 4.78 is 4.73. The van der Waals surface area contributed by atoms with Gasteiger partial charge in [0.05, 0.1) is 12.8 Å². The molecule has 4 heteroatoms. The van der Waals surface area contributed by atoms with Gasteiger partial charge in [-0.2, -0.15) is 0 Å². The zero-order valence-electron chi connectivity index (χ0n) is 16.1. The first-order chi connectivity index (χ1) is 13.5. The molecule has 0 aromatic heterocycles. The molecule has 0 spiro atoms. The molecule has 0 atom stereocenters. The molecule has 1 N–H and O–H groups in total. The number of aromatic hydroxyl groups is 1. The van der Waals surface area contributed by atoms with E-state index in [9.17, 15) is 9.90 Å². The van der Waals surface area contributed by atoms with Crippen molar-refractivity contribution in [2.24, 2.45) is 0 Å². The molecule has 0 heterocycles. The van der Waals surface area contributed by atoms with Crippen molar-refractivity contribution in [3.05, 3.63) is 83.4 Å². The average Bonchev–Trinajstić information content (AvgIpc) is 2.73. The lowest BCUT2D eigenvalue weighted by Crippen LogP contribution is -2.12. The Kier molecular flexibility index (Phi) is 5.67. The van der Waals surface area contributed by atoms with E-state index in [-0.39, 0.29) is 11.3 Å². The molecule has 3 aromatic rings. The van der Waals surface area contributed by atoms with Crippen molar-refractivity contribution in [3.63, 3.8) is 0 Å². The Morgan fingerprint density at radius 2 is 1.57 bits per heavy atom. The van der Waals surface area contributed by atoms with Crippen LogP contribution >= 0.6 is 0 Å². The first kappa shape index (κ1) is 19.1. The van der Waals surface area contributed by atoms with E-state index in [1.807, 2.05) is 61.5 Å². The van der Waals surface area contributed by atoms with Crippen LogP contribution in [0.3, 0.4) is 0 Å². The van der Waals surface area contributed by atoms with Crippen molar-refractivity contribution in [1.82, 2.24) is 0 Å². The lowest BCUT2D eigenvalue weighted by molar-refractivity contribution is 0.0597. The third-order valence-electron chi connectivity index (χ3n) is 4.33. The van der Waals surface area contributed by atoms with Gasteiger partial charge in [-0.15, -0.1) is 0 Å². The number of anilines is 1. The van der Waals surface area contributed by atoms with Crippen LogP contribution < -0.4 is 4.90 Å². The Hall–Kier alpha value is -3.71. The number of ether oxygens (including phenoxy) is 1. The smallest absolute Gasteiger partial charge is 0.341 e. The summed E-state index contributed by atoms with van der Waals surface area (Å²) in [4.78, 5) is 13.7. The van der Waals surface area contributed by atoms with Gasteiger partial charge >= 0.3 is 5.97 Å². The van der Waals surface area contributed by atoms with Gasteiger partial charge in [0.2, 0.25) is 0 Å². The number of carbonyl (C=O) groups is 1. The van der Waals surface area contributed by atoms with Gasteiger partial charge < -0.3 is 14.7 Å². The third-order valence-corrected chi connectivity index (χ3v) is 4.33. The SMILES string of the molecule is COC(=O)c1cc(C#Cc2ccc(-c3ccccc3)cc2)c(N(C)C)cc1O. The van der Waals surface area contributed by atoms with E-state index < -0.39 is 5.97 Å². The van der Waals surface area contributed by atoms with Gasteiger partial charge in [0, 0.05) is 31.3 Å². The normalized spacial score (nSPS) is 9.96. The van der Waals surface area contributed by atoms with Crippen LogP contribution in [0.25, 0.3) is 11.1 Å². The maximum atomic E-state index is 11.9. The van der Waals surface area contributed by atoms with Crippen LogP contribution in [-0.4, -0.2) is 32.3 Å². The van der Waals surface area contributed by atoms with Gasteiger partial charge in [-0.25, -0.2) is 4.79 Å². The molecule has 3 rings (SSSR count). The fraction of sp³-hybridized carbons (Fsp3) is 0.125. The van der Waals surface area contributed by atoms with Crippen LogP contribution in [0, 0.1) is 11.8 Å².